The lowest BCUT2D eigenvalue weighted by atomic mass is 9.77. The molecule has 0 spiro atoms. The molecule has 0 unspecified atom stereocenters. The number of nitrogens with one attached hydrogen (secondary N) is 1. The summed E-state index contributed by atoms with van der Waals surface area (Å²) < 4.78 is 5.38. The maximum absolute atomic E-state index is 8.98. The molecule has 2 aromatic rings. The lowest BCUT2D eigenvalue weighted by Crippen LogP contribution is -2.29. The van der Waals surface area contributed by atoms with Gasteiger partial charge in [0.2, 0.25) is 0 Å². The van der Waals surface area contributed by atoms with E-state index in [0.717, 1.165) is 12.2 Å². The van der Waals surface area contributed by atoms with Gasteiger partial charge in [0.1, 0.15) is 5.75 Å². The highest BCUT2D eigenvalue weighted by atomic mass is 16.5. The van der Waals surface area contributed by atoms with Crippen molar-refractivity contribution in [3.63, 3.8) is 0 Å². The topological polar surface area (TPSA) is 45.0 Å². The van der Waals surface area contributed by atoms with Crippen LogP contribution in [0.1, 0.15) is 35.1 Å². The number of hydrogen-bond acceptors (Lipinski definition) is 3. The minimum atomic E-state index is 0.267. The number of ether oxygens (including phenoxy) is 1. The first-order valence-electron chi connectivity index (χ1n) is 7.91. The van der Waals surface area contributed by atoms with Gasteiger partial charge >= 0.3 is 0 Å². The van der Waals surface area contributed by atoms with Crippen molar-refractivity contribution in [1.29, 1.82) is 5.26 Å². The van der Waals surface area contributed by atoms with Crippen LogP contribution in [0.4, 0.5) is 5.69 Å². The monoisotopic (exact) mass is 302 g/mol. The average Bonchev–Trinajstić information content (AvgIpc) is 3.11. The summed E-state index contributed by atoms with van der Waals surface area (Å²) in [6.45, 7) is 0. The Morgan fingerprint density at radius 3 is 2.74 bits per heavy atom. The van der Waals surface area contributed by atoms with E-state index in [-0.39, 0.29) is 6.04 Å². The van der Waals surface area contributed by atoms with E-state index in [0.29, 0.717) is 17.4 Å². The van der Waals surface area contributed by atoms with Gasteiger partial charge in [-0.3, -0.25) is 0 Å². The SMILES string of the molecule is COc1ccc2c(c1)[C@H]1C=CC[C@@H]1[C@H](c1ccc(C#N)cc1)N2. The third kappa shape index (κ3) is 2.27. The Labute approximate surface area is 136 Å². The number of fused-ring (bicyclic) bond motifs is 3. The normalized spacial score (nSPS) is 24.3. The summed E-state index contributed by atoms with van der Waals surface area (Å²) >= 11 is 0. The van der Waals surface area contributed by atoms with E-state index in [1.54, 1.807) is 7.11 Å². The predicted octanol–water partition coefficient (Wildman–Crippen LogP) is 4.39. The van der Waals surface area contributed by atoms with Gasteiger partial charge < -0.3 is 10.1 Å². The summed E-state index contributed by atoms with van der Waals surface area (Å²) in [5, 5.41) is 12.7. The molecule has 0 bridgehead atoms. The maximum Gasteiger partial charge on any atom is 0.119 e. The molecule has 114 valence electrons. The number of methoxy groups -OCH3 is 1. The molecular formula is C20H18N2O. The zero-order valence-corrected chi connectivity index (χ0v) is 13.0. The third-order valence-corrected chi connectivity index (χ3v) is 4.97. The van der Waals surface area contributed by atoms with Gasteiger partial charge in [0.25, 0.3) is 0 Å². The fraction of sp³-hybridized carbons (Fsp3) is 0.250. The minimum absolute atomic E-state index is 0.267. The van der Waals surface area contributed by atoms with Gasteiger partial charge in [-0.1, -0.05) is 24.3 Å². The largest absolute Gasteiger partial charge is 0.497 e. The van der Waals surface area contributed by atoms with E-state index >= 15 is 0 Å². The lowest BCUT2D eigenvalue weighted by molar-refractivity contribution is 0.405. The Morgan fingerprint density at radius 1 is 1.17 bits per heavy atom. The Morgan fingerprint density at radius 2 is 2.00 bits per heavy atom. The number of anilines is 1. The Bertz CT molecular complexity index is 801. The molecule has 1 aliphatic heterocycles. The summed E-state index contributed by atoms with van der Waals surface area (Å²) in [4.78, 5) is 0. The van der Waals surface area contributed by atoms with Crippen LogP contribution in [0.15, 0.2) is 54.6 Å². The number of allylic oxidation sites excluding steroid dienone is 2. The molecule has 2 aliphatic rings. The van der Waals surface area contributed by atoms with E-state index < -0.39 is 0 Å². The molecule has 0 saturated carbocycles. The number of nitrogens with zero attached hydrogens (tertiary/aromatic N) is 1. The molecular weight excluding hydrogens is 284 g/mol. The highest BCUT2D eigenvalue weighted by Gasteiger charge is 2.37. The summed E-state index contributed by atoms with van der Waals surface area (Å²) in [5.74, 6) is 1.82. The molecule has 3 nitrogen and oxygen atoms in total. The maximum atomic E-state index is 8.98. The lowest BCUT2D eigenvalue weighted by Gasteiger charge is -2.37. The van der Waals surface area contributed by atoms with Crippen LogP contribution in [-0.4, -0.2) is 7.11 Å². The highest BCUT2D eigenvalue weighted by molar-refractivity contribution is 5.61. The van der Waals surface area contributed by atoms with Crippen LogP contribution in [0.25, 0.3) is 0 Å². The molecule has 2 aromatic carbocycles. The van der Waals surface area contributed by atoms with Crippen molar-refractivity contribution in [1.82, 2.24) is 0 Å². The summed E-state index contributed by atoms with van der Waals surface area (Å²) in [5.41, 5.74) is 4.43. The van der Waals surface area contributed by atoms with Crippen LogP contribution in [0, 0.1) is 17.2 Å². The quantitative estimate of drug-likeness (QED) is 0.837. The van der Waals surface area contributed by atoms with Crippen LogP contribution in [0.5, 0.6) is 5.75 Å². The zero-order chi connectivity index (χ0) is 15.8. The fourth-order valence-corrected chi connectivity index (χ4v) is 3.79. The first-order valence-corrected chi connectivity index (χ1v) is 7.91. The molecule has 3 heteroatoms. The molecule has 1 N–H and O–H groups in total. The Balaban J connectivity index is 1.74. The second-order valence-electron chi connectivity index (χ2n) is 6.16. The summed E-state index contributed by atoms with van der Waals surface area (Å²) in [7, 11) is 1.71. The van der Waals surface area contributed by atoms with Crippen molar-refractivity contribution in [3.05, 3.63) is 71.3 Å². The summed E-state index contributed by atoms with van der Waals surface area (Å²) in [6, 6.07) is 16.6. The van der Waals surface area contributed by atoms with Crippen molar-refractivity contribution in [2.45, 2.75) is 18.4 Å². The van der Waals surface area contributed by atoms with Gasteiger partial charge in [0.15, 0.2) is 0 Å². The first-order chi connectivity index (χ1) is 11.3. The molecule has 1 aliphatic carbocycles. The molecule has 1 heterocycles. The van der Waals surface area contributed by atoms with E-state index in [1.165, 1.54) is 16.8 Å². The second kappa shape index (κ2) is 5.48. The zero-order valence-electron chi connectivity index (χ0n) is 13.0. The van der Waals surface area contributed by atoms with E-state index in [9.17, 15) is 0 Å². The highest BCUT2D eigenvalue weighted by Crippen LogP contribution is 2.50. The fourth-order valence-electron chi connectivity index (χ4n) is 3.79. The number of nitriles is 1. The van der Waals surface area contributed by atoms with Crippen molar-refractivity contribution >= 4 is 5.69 Å². The van der Waals surface area contributed by atoms with Gasteiger partial charge in [0, 0.05) is 11.6 Å². The van der Waals surface area contributed by atoms with Crippen molar-refractivity contribution in [2.75, 3.05) is 12.4 Å². The van der Waals surface area contributed by atoms with Crippen LogP contribution in [0.2, 0.25) is 0 Å². The molecule has 0 radical (unpaired) electrons. The number of rotatable bonds is 2. The molecule has 0 saturated heterocycles. The van der Waals surface area contributed by atoms with Gasteiger partial charge in [-0.2, -0.15) is 5.26 Å². The molecule has 4 rings (SSSR count). The Hall–Kier alpha value is -2.73. The van der Waals surface area contributed by atoms with Crippen LogP contribution in [0.3, 0.4) is 0 Å². The Kier molecular flexibility index (Phi) is 3.31. The number of hydrogen-bond donors (Lipinski definition) is 1. The van der Waals surface area contributed by atoms with Gasteiger partial charge in [-0.25, -0.2) is 0 Å². The second-order valence-corrected chi connectivity index (χ2v) is 6.16. The van der Waals surface area contributed by atoms with E-state index in [2.05, 4.69) is 47.8 Å². The van der Waals surface area contributed by atoms with E-state index in [4.69, 9.17) is 10.00 Å². The predicted molar refractivity (Wildman–Crippen MR) is 90.5 cm³/mol. The van der Waals surface area contributed by atoms with Crippen LogP contribution in [-0.2, 0) is 0 Å². The van der Waals surface area contributed by atoms with Gasteiger partial charge in [0.05, 0.1) is 24.8 Å². The van der Waals surface area contributed by atoms with Gasteiger partial charge in [-0.15, -0.1) is 0 Å². The van der Waals surface area contributed by atoms with Gasteiger partial charge in [-0.05, 0) is 53.8 Å². The smallest absolute Gasteiger partial charge is 0.119 e. The van der Waals surface area contributed by atoms with E-state index in [1.807, 2.05) is 18.2 Å². The average molecular weight is 302 g/mol. The minimum Gasteiger partial charge on any atom is -0.497 e. The number of benzene rings is 2. The van der Waals surface area contributed by atoms with Crippen molar-refractivity contribution in [3.8, 4) is 11.8 Å². The standard InChI is InChI=1S/C20H18N2O/c1-23-15-9-10-19-18(11-15)16-3-2-4-17(16)20(22-19)14-7-5-13(12-21)6-8-14/h2-3,5-11,16-17,20,22H,4H2,1H3/t16-,17-,20-/m0/s1. The van der Waals surface area contributed by atoms with Crippen LogP contribution >= 0.6 is 0 Å². The molecule has 23 heavy (non-hydrogen) atoms. The first kappa shape index (κ1) is 13.9. The molecule has 0 fully saturated rings. The van der Waals surface area contributed by atoms with Crippen LogP contribution < -0.4 is 10.1 Å². The van der Waals surface area contributed by atoms with Crippen molar-refractivity contribution < 1.29 is 4.74 Å². The molecule has 3 atom stereocenters. The summed E-state index contributed by atoms with van der Waals surface area (Å²) in [6.07, 6.45) is 5.67. The molecule has 0 amide bonds. The third-order valence-electron chi connectivity index (χ3n) is 4.97. The van der Waals surface area contributed by atoms with Crippen molar-refractivity contribution in [2.24, 2.45) is 5.92 Å². The molecule has 0 aromatic heterocycles.